The van der Waals surface area contributed by atoms with Gasteiger partial charge in [-0.15, -0.1) is 0 Å². The SMILES string of the molecule is CC(C)C(C(=O)O)S(=O)Cc1cc(F)cc(Br)c1. The standard InChI is InChI=1S/C12H14BrFO3S/c1-7(2)11(12(15)16)18(17)6-8-3-9(13)5-10(14)4-8/h3-5,7,11H,6H2,1-2H3,(H,15,16). The van der Waals surface area contributed by atoms with E-state index in [1.54, 1.807) is 19.9 Å². The van der Waals surface area contributed by atoms with Crippen LogP contribution in [0.3, 0.4) is 0 Å². The zero-order chi connectivity index (χ0) is 13.9. The summed E-state index contributed by atoms with van der Waals surface area (Å²) >= 11 is 3.14. The lowest BCUT2D eigenvalue weighted by molar-refractivity contribution is -0.137. The highest BCUT2D eigenvalue weighted by atomic mass is 79.9. The number of carboxylic acids is 1. The number of carboxylic acid groups (broad SMARTS) is 1. The van der Waals surface area contributed by atoms with Crippen LogP contribution in [0, 0.1) is 11.7 Å². The summed E-state index contributed by atoms with van der Waals surface area (Å²) in [4.78, 5) is 11.0. The molecular weight excluding hydrogens is 323 g/mol. The summed E-state index contributed by atoms with van der Waals surface area (Å²) in [5.74, 6) is -1.72. The topological polar surface area (TPSA) is 54.4 Å². The van der Waals surface area contributed by atoms with Crippen LogP contribution in [0.5, 0.6) is 0 Å². The van der Waals surface area contributed by atoms with Gasteiger partial charge in [-0.1, -0.05) is 29.8 Å². The van der Waals surface area contributed by atoms with Gasteiger partial charge in [-0.3, -0.25) is 9.00 Å². The van der Waals surface area contributed by atoms with Gasteiger partial charge >= 0.3 is 5.97 Å². The molecule has 0 bridgehead atoms. The summed E-state index contributed by atoms with van der Waals surface area (Å²) in [5.41, 5.74) is 0.520. The van der Waals surface area contributed by atoms with Gasteiger partial charge in [0, 0.05) is 21.0 Å². The van der Waals surface area contributed by atoms with E-state index in [4.69, 9.17) is 5.11 Å². The van der Waals surface area contributed by atoms with Crippen LogP contribution >= 0.6 is 15.9 Å². The van der Waals surface area contributed by atoms with Gasteiger partial charge in [-0.2, -0.15) is 0 Å². The van der Waals surface area contributed by atoms with Gasteiger partial charge < -0.3 is 5.11 Å². The Labute approximate surface area is 116 Å². The number of hydrogen-bond donors (Lipinski definition) is 1. The second-order valence-corrected chi connectivity index (χ2v) is 6.78. The quantitative estimate of drug-likeness (QED) is 0.899. The van der Waals surface area contributed by atoms with Gasteiger partial charge in [0.1, 0.15) is 11.1 Å². The fourth-order valence-corrected chi connectivity index (χ4v) is 3.67. The largest absolute Gasteiger partial charge is 0.480 e. The molecular formula is C12H14BrFO3S. The average molecular weight is 337 g/mol. The van der Waals surface area contributed by atoms with E-state index in [1.165, 1.54) is 12.1 Å². The molecule has 1 aromatic rings. The minimum absolute atomic E-state index is 0.0332. The van der Waals surface area contributed by atoms with Crippen molar-refractivity contribution < 1.29 is 18.5 Å². The Morgan fingerprint density at radius 1 is 1.44 bits per heavy atom. The number of hydrogen-bond acceptors (Lipinski definition) is 2. The molecule has 0 aliphatic rings. The molecule has 0 aliphatic carbocycles. The Morgan fingerprint density at radius 2 is 2.06 bits per heavy atom. The van der Waals surface area contributed by atoms with Gasteiger partial charge in [0.25, 0.3) is 0 Å². The van der Waals surface area contributed by atoms with Gasteiger partial charge in [-0.25, -0.2) is 4.39 Å². The Balaban J connectivity index is 2.89. The van der Waals surface area contributed by atoms with Crippen molar-refractivity contribution in [3.8, 4) is 0 Å². The maximum Gasteiger partial charge on any atom is 0.319 e. The van der Waals surface area contributed by atoms with E-state index in [0.29, 0.717) is 10.0 Å². The van der Waals surface area contributed by atoms with Crippen LogP contribution in [0.15, 0.2) is 22.7 Å². The molecule has 0 aromatic heterocycles. The van der Waals surface area contributed by atoms with Gasteiger partial charge in [0.15, 0.2) is 0 Å². The number of halogens is 2. The first-order valence-corrected chi connectivity index (χ1v) is 7.53. The third kappa shape index (κ3) is 4.17. The van der Waals surface area contributed by atoms with E-state index in [1.807, 2.05) is 0 Å². The Hall–Kier alpha value is -0.750. The Kier molecular flexibility index (Phi) is 5.47. The molecule has 0 radical (unpaired) electrons. The van der Waals surface area contributed by atoms with Crippen molar-refractivity contribution in [3.05, 3.63) is 34.1 Å². The second kappa shape index (κ2) is 6.43. The number of benzene rings is 1. The van der Waals surface area contributed by atoms with Crippen LogP contribution in [0.25, 0.3) is 0 Å². The third-order valence-electron chi connectivity index (χ3n) is 2.36. The summed E-state index contributed by atoms with van der Waals surface area (Å²) in [6.45, 7) is 3.41. The van der Waals surface area contributed by atoms with E-state index in [0.717, 1.165) is 0 Å². The van der Waals surface area contributed by atoms with E-state index >= 15 is 0 Å². The van der Waals surface area contributed by atoms with E-state index in [-0.39, 0.29) is 11.7 Å². The van der Waals surface area contributed by atoms with Crippen molar-refractivity contribution in [1.29, 1.82) is 0 Å². The van der Waals surface area contributed by atoms with Crippen molar-refractivity contribution in [2.45, 2.75) is 24.9 Å². The average Bonchev–Trinajstić information content (AvgIpc) is 2.13. The minimum atomic E-state index is -1.57. The summed E-state index contributed by atoms with van der Waals surface area (Å²) in [6.07, 6.45) is 0. The van der Waals surface area contributed by atoms with E-state index in [9.17, 15) is 13.4 Å². The smallest absolute Gasteiger partial charge is 0.319 e. The summed E-state index contributed by atoms with van der Waals surface area (Å²) < 4.78 is 25.7. The molecule has 2 unspecified atom stereocenters. The van der Waals surface area contributed by atoms with Crippen molar-refractivity contribution >= 4 is 32.7 Å². The highest BCUT2D eigenvalue weighted by molar-refractivity contribution is 9.10. The fraction of sp³-hybridized carbons (Fsp3) is 0.417. The first-order valence-electron chi connectivity index (χ1n) is 5.36. The number of rotatable bonds is 5. The van der Waals surface area contributed by atoms with E-state index in [2.05, 4.69) is 15.9 Å². The van der Waals surface area contributed by atoms with Crippen LogP contribution in [0.4, 0.5) is 4.39 Å². The van der Waals surface area contributed by atoms with Crippen molar-refractivity contribution in [1.82, 2.24) is 0 Å². The first-order chi connectivity index (χ1) is 8.31. The lowest BCUT2D eigenvalue weighted by Gasteiger charge is -2.15. The normalized spacial score (nSPS) is 14.5. The molecule has 0 aliphatic heterocycles. The Morgan fingerprint density at radius 3 is 2.50 bits per heavy atom. The van der Waals surface area contributed by atoms with Crippen molar-refractivity contribution in [2.24, 2.45) is 5.92 Å². The lowest BCUT2D eigenvalue weighted by atomic mass is 10.1. The molecule has 1 aromatic carbocycles. The van der Waals surface area contributed by atoms with Crippen molar-refractivity contribution in [2.75, 3.05) is 0 Å². The Bertz CT molecular complexity index is 456. The number of carbonyl (C=O) groups is 1. The molecule has 2 atom stereocenters. The second-order valence-electron chi connectivity index (χ2n) is 4.31. The van der Waals surface area contributed by atoms with Crippen LogP contribution in [0.2, 0.25) is 0 Å². The molecule has 0 saturated heterocycles. The highest BCUT2D eigenvalue weighted by Gasteiger charge is 2.28. The zero-order valence-corrected chi connectivity index (χ0v) is 12.4. The van der Waals surface area contributed by atoms with Crippen LogP contribution in [0.1, 0.15) is 19.4 Å². The summed E-state index contributed by atoms with van der Waals surface area (Å²) in [6, 6.07) is 4.20. The van der Waals surface area contributed by atoms with Crippen LogP contribution in [-0.2, 0) is 21.3 Å². The summed E-state index contributed by atoms with van der Waals surface area (Å²) in [5, 5.41) is 8.09. The lowest BCUT2D eigenvalue weighted by Crippen LogP contribution is -2.31. The molecule has 18 heavy (non-hydrogen) atoms. The maximum atomic E-state index is 13.2. The molecule has 0 saturated carbocycles. The predicted molar refractivity (Wildman–Crippen MR) is 72.2 cm³/mol. The van der Waals surface area contributed by atoms with E-state index < -0.39 is 27.8 Å². The van der Waals surface area contributed by atoms with Crippen LogP contribution < -0.4 is 0 Å². The highest BCUT2D eigenvalue weighted by Crippen LogP contribution is 2.19. The van der Waals surface area contributed by atoms with Gasteiger partial charge in [0.05, 0.1) is 0 Å². The molecule has 3 nitrogen and oxygen atoms in total. The molecule has 0 spiro atoms. The summed E-state index contributed by atoms with van der Waals surface area (Å²) in [7, 11) is -1.57. The molecule has 1 N–H and O–H groups in total. The van der Waals surface area contributed by atoms with Gasteiger partial charge in [0.2, 0.25) is 0 Å². The van der Waals surface area contributed by atoms with Crippen molar-refractivity contribution in [3.63, 3.8) is 0 Å². The fourth-order valence-electron chi connectivity index (χ4n) is 1.65. The molecule has 6 heteroatoms. The molecule has 100 valence electrons. The predicted octanol–water partition coefficient (Wildman–Crippen LogP) is 2.95. The molecule has 1 rings (SSSR count). The monoisotopic (exact) mass is 336 g/mol. The molecule has 0 amide bonds. The minimum Gasteiger partial charge on any atom is -0.480 e. The first kappa shape index (κ1) is 15.3. The van der Waals surface area contributed by atoms with Crippen LogP contribution in [-0.4, -0.2) is 20.5 Å². The molecule has 0 heterocycles. The third-order valence-corrected chi connectivity index (χ3v) is 4.75. The maximum absolute atomic E-state index is 13.2. The van der Waals surface area contributed by atoms with Gasteiger partial charge in [-0.05, 0) is 29.7 Å². The zero-order valence-electron chi connectivity index (χ0n) is 10.0. The number of aliphatic carboxylic acids is 1. The molecule has 0 fully saturated rings.